The molecule has 1 heterocycles. The first kappa shape index (κ1) is 11.2. The summed E-state index contributed by atoms with van der Waals surface area (Å²) in [4.78, 5) is 0. The Morgan fingerprint density at radius 3 is 1.85 bits per heavy atom. The van der Waals surface area contributed by atoms with E-state index in [1.807, 2.05) is 25.4 Å². The number of hydrogen-bond acceptors (Lipinski definition) is 2. The van der Waals surface area contributed by atoms with Crippen LogP contribution in [-0.2, 0) is 9.09 Å². The fourth-order valence-electron chi connectivity index (χ4n) is 1.32. The van der Waals surface area contributed by atoms with E-state index in [0.29, 0.717) is 6.29 Å². The van der Waals surface area contributed by atoms with E-state index in [1.165, 1.54) is 0 Å². The maximum atomic E-state index is 12.0. The fraction of sp³-hybridized carbons (Fsp3) is 1.00. The van der Waals surface area contributed by atoms with Gasteiger partial charge in [0.15, 0.2) is 0 Å². The third-order valence-corrected chi connectivity index (χ3v) is 4.41. The van der Waals surface area contributed by atoms with Gasteiger partial charge in [-0.3, -0.25) is 4.57 Å². The van der Waals surface area contributed by atoms with Crippen LogP contribution >= 0.6 is 7.52 Å². The summed E-state index contributed by atoms with van der Waals surface area (Å²) < 4.78 is 19.5. The van der Waals surface area contributed by atoms with E-state index in [2.05, 4.69) is 20.8 Å². The van der Waals surface area contributed by atoms with E-state index in [-0.39, 0.29) is 11.1 Å². The van der Waals surface area contributed by atoms with E-state index in [4.69, 9.17) is 4.52 Å². The summed E-state index contributed by atoms with van der Waals surface area (Å²) in [5.41, 5.74) is -0.351. The zero-order valence-electron chi connectivity index (χ0n) is 9.42. The molecule has 2 unspecified atom stereocenters. The van der Waals surface area contributed by atoms with Crippen molar-refractivity contribution in [1.29, 1.82) is 0 Å². The van der Waals surface area contributed by atoms with Gasteiger partial charge in [0.2, 0.25) is 0 Å². The quantitative estimate of drug-likeness (QED) is 0.486. The van der Waals surface area contributed by atoms with Gasteiger partial charge in [-0.05, 0) is 41.5 Å². The van der Waals surface area contributed by atoms with Crippen LogP contribution in [0.2, 0.25) is 0 Å². The van der Waals surface area contributed by atoms with Crippen molar-refractivity contribution in [2.45, 2.75) is 52.7 Å². The zero-order valence-corrected chi connectivity index (χ0v) is 10.3. The first-order valence-electron chi connectivity index (χ1n) is 4.63. The predicted octanol–water partition coefficient (Wildman–Crippen LogP) is 3.07. The lowest BCUT2D eigenvalue weighted by Gasteiger charge is -2.24. The van der Waals surface area contributed by atoms with Gasteiger partial charge in [0, 0.05) is 5.54 Å². The first-order valence-corrected chi connectivity index (χ1v) is 6.39. The SMILES string of the molecule is CC(C)(C)OP1(=O)CN1C(C)(C)C. The topological polar surface area (TPSA) is 29.3 Å². The van der Waals surface area contributed by atoms with E-state index >= 15 is 0 Å². The Kier molecular flexibility index (Phi) is 2.43. The number of rotatable bonds is 1. The summed E-state index contributed by atoms with van der Waals surface area (Å²) in [5, 5.41) is 0. The van der Waals surface area contributed by atoms with Crippen LogP contribution in [0.5, 0.6) is 0 Å². The summed E-state index contributed by atoms with van der Waals surface area (Å²) >= 11 is 0. The van der Waals surface area contributed by atoms with Gasteiger partial charge < -0.3 is 4.52 Å². The molecule has 0 aromatic carbocycles. The highest BCUT2D eigenvalue weighted by Crippen LogP contribution is 2.71. The van der Waals surface area contributed by atoms with E-state index in [0.717, 1.165) is 0 Å². The average Bonchev–Trinajstić information content (AvgIpc) is 2.33. The van der Waals surface area contributed by atoms with Crippen LogP contribution in [0.3, 0.4) is 0 Å². The normalized spacial score (nSPS) is 34.8. The molecule has 3 nitrogen and oxygen atoms in total. The van der Waals surface area contributed by atoms with Crippen molar-refractivity contribution < 1.29 is 9.09 Å². The molecule has 0 radical (unpaired) electrons. The number of hydrogen-bond donors (Lipinski definition) is 0. The molecule has 1 aliphatic rings. The molecule has 1 fully saturated rings. The van der Waals surface area contributed by atoms with Crippen LogP contribution < -0.4 is 0 Å². The van der Waals surface area contributed by atoms with Crippen LogP contribution in [0.25, 0.3) is 0 Å². The molecule has 78 valence electrons. The van der Waals surface area contributed by atoms with Gasteiger partial charge in [0.1, 0.15) is 0 Å². The van der Waals surface area contributed by atoms with Gasteiger partial charge in [-0.1, -0.05) is 0 Å². The molecule has 0 bridgehead atoms. The van der Waals surface area contributed by atoms with Gasteiger partial charge in [0.05, 0.1) is 11.9 Å². The minimum Gasteiger partial charge on any atom is -0.311 e. The minimum atomic E-state index is -2.44. The Morgan fingerprint density at radius 1 is 1.15 bits per heavy atom. The Hall–Kier alpha value is 0.150. The standard InChI is InChI=1S/C9H20NO2P/c1-8(2,3)10-7-13(10,11)12-9(4,5)6/h7H2,1-6H3. The summed E-state index contributed by atoms with van der Waals surface area (Å²) in [7, 11) is -2.44. The second-order valence-electron chi connectivity index (χ2n) is 5.55. The molecule has 13 heavy (non-hydrogen) atoms. The second-order valence-corrected chi connectivity index (χ2v) is 7.78. The van der Waals surface area contributed by atoms with Gasteiger partial charge in [-0.2, -0.15) is 0 Å². The number of nitrogens with zero attached hydrogens (tertiary/aromatic N) is 1. The molecule has 0 aromatic rings. The highest BCUT2D eigenvalue weighted by Gasteiger charge is 2.56. The fourth-order valence-corrected chi connectivity index (χ4v) is 4.26. The third-order valence-electron chi connectivity index (χ3n) is 1.79. The lowest BCUT2D eigenvalue weighted by Crippen LogP contribution is -2.25. The molecule has 1 aliphatic heterocycles. The minimum absolute atomic E-state index is 0.0409. The van der Waals surface area contributed by atoms with Crippen molar-refractivity contribution in [2.24, 2.45) is 0 Å². The summed E-state index contributed by atoms with van der Waals surface area (Å²) in [6.45, 7) is 12.0. The lowest BCUT2D eigenvalue weighted by molar-refractivity contribution is 0.132. The summed E-state index contributed by atoms with van der Waals surface area (Å²) in [6, 6.07) is 0. The smallest absolute Gasteiger partial charge is 0.288 e. The van der Waals surface area contributed by atoms with Crippen molar-refractivity contribution in [3.05, 3.63) is 0 Å². The largest absolute Gasteiger partial charge is 0.311 e. The Bertz CT molecular complexity index is 249. The van der Waals surface area contributed by atoms with Crippen LogP contribution in [0.4, 0.5) is 0 Å². The van der Waals surface area contributed by atoms with Gasteiger partial charge in [0.25, 0.3) is 7.52 Å². The average molecular weight is 205 g/mol. The maximum absolute atomic E-state index is 12.0. The van der Waals surface area contributed by atoms with Gasteiger partial charge in [-0.15, -0.1) is 0 Å². The Balaban J connectivity index is 2.62. The zero-order chi connectivity index (χ0) is 10.5. The highest BCUT2D eigenvalue weighted by molar-refractivity contribution is 7.63. The molecular weight excluding hydrogens is 185 g/mol. The molecule has 1 saturated heterocycles. The second kappa shape index (κ2) is 2.82. The maximum Gasteiger partial charge on any atom is 0.288 e. The van der Waals surface area contributed by atoms with Gasteiger partial charge >= 0.3 is 0 Å². The van der Waals surface area contributed by atoms with Crippen LogP contribution in [0.15, 0.2) is 0 Å². The summed E-state index contributed by atoms with van der Waals surface area (Å²) in [5.74, 6) is 0. The van der Waals surface area contributed by atoms with Crippen LogP contribution in [-0.4, -0.2) is 22.1 Å². The van der Waals surface area contributed by atoms with Crippen molar-refractivity contribution >= 4 is 7.52 Å². The van der Waals surface area contributed by atoms with Gasteiger partial charge in [-0.25, -0.2) is 4.67 Å². The summed E-state index contributed by atoms with van der Waals surface area (Å²) in [6.07, 6.45) is 0.605. The predicted molar refractivity (Wildman–Crippen MR) is 54.9 cm³/mol. The first-order chi connectivity index (χ1) is 5.55. The van der Waals surface area contributed by atoms with E-state index in [9.17, 15) is 4.57 Å². The monoisotopic (exact) mass is 205 g/mol. The Morgan fingerprint density at radius 2 is 1.62 bits per heavy atom. The molecule has 2 atom stereocenters. The van der Waals surface area contributed by atoms with E-state index < -0.39 is 7.52 Å². The molecular formula is C9H20NO2P. The third kappa shape index (κ3) is 2.80. The lowest BCUT2D eigenvalue weighted by atomic mass is 10.1. The molecule has 1 rings (SSSR count). The molecule has 0 aliphatic carbocycles. The highest BCUT2D eigenvalue weighted by atomic mass is 31.2. The van der Waals surface area contributed by atoms with Crippen molar-refractivity contribution in [3.8, 4) is 0 Å². The van der Waals surface area contributed by atoms with E-state index in [1.54, 1.807) is 0 Å². The van der Waals surface area contributed by atoms with Crippen molar-refractivity contribution in [3.63, 3.8) is 0 Å². The molecule has 0 amide bonds. The molecule has 0 N–H and O–H groups in total. The Labute approximate surface area is 81.0 Å². The molecule has 4 heteroatoms. The van der Waals surface area contributed by atoms with Crippen LogP contribution in [0, 0.1) is 0 Å². The van der Waals surface area contributed by atoms with Crippen molar-refractivity contribution in [1.82, 2.24) is 4.67 Å². The van der Waals surface area contributed by atoms with Crippen LogP contribution in [0.1, 0.15) is 41.5 Å². The van der Waals surface area contributed by atoms with Crippen molar-refractivity contribution in [2.75, 3.05) is 6.29 Å². The molecule has 0 aromatic heterocycles. The molecule has 0 spiro atoms. The molecule has 0 saturated carbocycles.